The largest absolute Gasteiger partial charge is 0.494 e. The van der Waals surface area contributed by atoms with Crippen LogP contribution < -0.4 is 41.8 Å². The zero-order valence-corrected chi connectivity index (χ0v) is 67.2. The molecule has 0 aliphatic carbocycles. The highest BCUT2D eigenvalue weighted by Gasteiger charge is 2.44. The fraction of sp³-hybridized carbons (Fsp3) is 0.519. The van der Waals surface area contributed by atoms with Crippen molar-refractivity contribution in [2.24, 2.45) is 11.1 Å². The summed E-state index contributed by atoms with van der Waals surface area (Å²) in [6, 6.07) is 15.7. The quantitative estimate of drug-likeness (QED) is 0.0173. The fourth-order valence-electron chi connectivity index (χ4n) is 13.2. The average Bonchev–Trinajstić information content (AvgIpc) is 1.61. The molecule has 35 heteroatoms. The second kappa shape index (κ2) is 42.3. The van der Waals surface area contributed by atoms with Crippen LogP contribution in [0.4, 0.5) is 11.9 Å². The normalized spacial score (nSPS) is 14.9. The number of likely N-dealkylation sites (tertiary alicyclic amines) is 1. The van der Waals surface area contributed by atoms with E-state index in [-0.39, 0.29) is 113 Å². The molecule has 2 fully saturated rings. The number of methoxy groups -OCH3 is 1. The predicted octanol–water partition coefficient (Wildman–Crippen LogP) is 5.87. The molecule has 8 N–H and O–H groups in total. The molecule has 0 radical (unpaired) electrons. The Balaban J connectivity index is 0.628. The number of primary amides is 1. The van der Waals surface area contributed by atoms with Gasteiger partial charge in [0.1, 0.15) is 46.0 Å². The number of carbonyl (C=O) groups excluding carboxylic acids is 7. The molecule has 0 bridgehead atoms. The molecule has 114 heavy (non-hydrogen) atoms. The number of ether oxygens (including phenoxy) is 9. The van der Waals surface area contributed by atoms with Gasteiger partial charge < -0.3 is 83.5 Å². The fourth-order valence-corrected chi connectivity index (χ4v) is 14.0. The maximum Gasteiger partial charge on any atom is 0.276 e. The highest BCUT2D eigenvalue weighted by Crippen LogP contribution is 2.35. The van der Waals surface area contributed by atoms with Crippen LogP contribution >= 0.6 is 11.3 Å². The van der Waals surface area contributed by atoms with E-state index >= 15 is 0 Å². The number of morpholine rings is 1. The van der Waals surface area contributed by atoms with Crippen LogP contribution in [0.1, 0.15) is 118 Å². The summed E-state index contributed by atoms with van der Waals surface area (Å²) in [5, 5.41) is 34.2. The summed E-state index contributed by atoms with van der Waals surface area (Å²) in [4.78, 5) is 114. The summed E-state index contributed by atoms with van der Waals surface area (Å²) in [6.45, 7) is 23.8. The SMILES string of the molecule is CCn1nc(C)cc1C(=O)Nc1nc2cc(C(=O)NCCOCCOCCOCCOCCOCCOCCC(=O)N[C@@H](C(=O)N3C[C@H](O)C[C@H]3C(=O)NCc3ccc(-c4scnc4C)cc3)C(C)(C)C)cc(OC)c2n1C/C=C/Cn1c(NC(=O)c2cc(C)nn2CC)nc2cc(C(N)=O)cc(OCCCN3CCOCC3)c21. The number of imidazole rings is 2. The van der Waals surface area contributed by atoms with Crippen molar-refractivity contribution in [2.75, 3.05) is 150 Å². The van der Waals surface area contributed by atoms with Gasteiger partial charge in [0.25, 0.3) is 17.7 Å². The van der Waals surface area contributed by atoms with Crippen molar-refractivity contribution in [3.05, 3.63) is 123 Å². The van der Waals surface area contributed by atoms with Crippen LogP contribution in [0.15, 0.2) is 78.3 Å². The molecule has 616 valence electrons. The first-order chi connectivity index (χ1) is 55.0. The van der Waals surface area contributed by atoms with Gasteiger partial charge in [0.2, 0.25) is 35.5 Å². The second-order valence-corrected chi connectivity index (χ2v) is 29.3. The Morgan fingerprint density at radius 3 is 1.74 bits per heavy atom. The van der Waals surface area contributed by atoms with Crippen LogP contribution in [-0.4, -0.2) is 257 Å². The highest BCUT2D eigenvalue weighted by molar-refractivity contribution is 7.13. The molecule has 7 amide bonds. The minimum Gasteiger partial charge on any atom is -0.494 e. The van der Waals surface area contributed by atoms with Crippen molar-refractivity contribution in [3.8, 4) is 21.9 Å². The van der Waals surface area contributed by atoms with E-state index in [0.29, 0.717) is 142 Å². The average molecular weight is 1600 g/mol. The Hall–Kier alpha value is -10.1. The molecule has 2 aliphatic heterocycles. The molecule has 2 aliphatic rings. The van der Waals surface area contributed by atoms with E-state index in [4.69, 9.17) is 58.3 Å². The Morgan fingerprint density at radius 1 is 0.675 bits per heavy atom. The van der Waals surface area contributed by atoms with Crippen molar-refractivity contribution >= 4 is 86.7 Å². The number of amides is 7. The first-order valence-corrected chi connectivity index (χ1v) is 39.4. The molecule has 0 saturated carbocycles. The Bertz CT molecular complexity index is 4590. The number of hydrogen-bond donors (Lipinski definition) is 7. The lowest BCUT2D eigenvalue weighted by Gasteiger charge is -2.35. The Kier molecular flexibility index (Phi) is 32.1. The van der Waals surface area contributed by atoms with Crippen LogP contribution in [0.2, 0.25) is 0 Å². The minimum atomic E-state index is -0.960. The topological polar surface area (TPSA) is 400 Å². The molecule has 0 unspecified atom stereocenters. The molecule has 8 aromatic rings. The lowest BCUT2D eigenvalue weighted by Crippen LogP contribution is -2.57. The maximum atomic E-state index is 14.1. The number of aryl methyl sites for hydroxylation is 5. The second-order valence-electron chi connectivity index (χ2n) is 28.5. The number of fused-ring (bicyclic) bond motifs is 2. The number of nitrogens with zero attached hydrogens (tertiary/aromatic N) is 11. The van der Waals surface area contributed by atoms with Crippen LogP contribution in [-0.2, 0) is 80.3 Å². The minimum absolute atomic E-state index is 0.00385. The van der Waals surface area contributed by atoms with Gasteiger partial charge in [-0.15, -0.1) is 11.3 Å². The number of allylic oxidation sites excluding steroid dienone is 2. The maximum absolute atomic E-state index is 14.1. The van der Waals surface area contributed by atoms with Gasteiger partial charge in [0.15, 0.2) is 0 Å². The third-order valence-electron chi connectivity index (χ3n) is 19.0. The van der Waals surface area contributed by atoms with E-state index < -0.39 is 53.1 Å². The third-order valence-corrected chi connectivity index (χ3v) is 20.0. The third kappa shape index (κ3) is 23.8. The summed E-state index contributed by atoms with van der Waals surface area (Å²) in [5.74, 6) is -2.24. The molecule has 2 saturated heterocycles. The molecule has 7 heterocycles. The summed E-state index contributed by atoms with van der Waals surface area (Å²) in [5.41, 5.74) is 13.9. The van der Waals surface area contributed by atoms with Crippen LogP contribution in [0, 0.1) is 26.2 Å². The van der Waals surface area contributed by atoms with Gasteiger partial charge >= 0.3 is 0 Å². The number of β-amino-alcohol motifs (C(OH)–C–C–N with tert-alkyl or cyclic N) is 1. The Labute approximate surface area is 666 Å². The molecule has 10 rings (SSSR count). The number of nitrogens with two attached hydrogens (primary N) is 1. The molecule has 34 nitrogen and oxygen atoms in total. The summed E-state index contributed by atoms with van der Waals surface area (Å²) in [7, 11) is 1.48. The van der Waals surface area contributed by atoms with E-state index in [1.165, 1.54) is 12.0 Å². The number of aliphatic hydroxyl groups excluding tert-OH is 1. The van der Waals surface area contributed by atoms with Crippen molar-refractivity contribution < 1.29 is 81.3 Å². The summed E-state index contributed by atoms with van der Waals surface area (Å²) >= 11 is 1.56. The van der Waals surface area contributed by atoms with Crippen LogP contribution in [0.5, 0.6) is 11.5 Å². The zero-order valence-electron chi connectivity index (χ0n) is 66.4. The van der Waals surface area contributed by atoms with Gasteiger partial charge in [-0.1, -0.05) is 57.2 Å². The van der Waals surface area contributed by atoms with Crippen molar-refractivity contribution in [3.63, 3.8) is 0 Å². The number of thiazole rings is 1. The Morgan fingerprint density at radius 2 is 1.21 bits per heavy atom. The zero-order chi connectivity index (χ0) is 81.3. The molecule has 3 aromatic carbocycles. The number of nitrogens with one attached hydrogen (secondary N) is 5. The number of carbonyl (C=O) groups is 7. The predicted molar refractivity (Wildman–Crippen MR) is 426 cm³/mol. The standard InChI is InChI=1S/C79H107N17O17S/c1-10-95-62(41-51(3)89-95)74(102)87-77-85-60-44-57(46-64(105-9)67(60)92(77)22-12-13-23-93-68-59(84-78(93)88-75(103)63-42-52(4)90-96(63)11-2)43-56(71(80)99)45-65(68)113-26-14-21-91-24-29-108-30-25-91)72(100)81-20-28-107-32-34-110-36-38-112-40-39-111-37-35-109-33-31-106-27-19-66(98)86-70(79(6,7)8)76(104)94-49-58(97)47-61(94)73(101)82-48-54-15-17-55(18-16-54)69-53(5)83-50-114-69/h12-13,15-18,41-46,50,58,61,70,97H,10-11,14,19-40,47-49H2,1-9H3,(H2,80,99)(H,81,100)(H,82,101)(H,86,98)(H,84,88,103)(H,85,87,102)/b13-12+/t58-,61+,70+/m1/s1. The number of aromatic nitrogens is 9. The molecule has 5 aromatic heterocycles. The van der Waals surface area contributed by atoms with E-state index in [0.717, 1.165) is 41.3 Å². The van der Waals surface area contributed by atoms with E-state index in [9.17, 15) is 38.7 Å². The van der Waals surface area contributed by atoms with Gasteiger partial charge in [-0.25, -0.2) is 15.0 Å². The smallest absolute Gasteiger partial charge is 0.276 e. The number of anilines is 2. The molecular weight excluding hydrogens is 1490 g/mol. The first kappa shape index (κ1) is 86.3. The number of benzene rings is 3. The van der Waals surface area contributed by atoms with Gasteiger partial charge in [-0.05, 0) is 94.0 Å². The monoisotopic (exact) mass is 1600 g/mol. The number of aliphatic hydroxyl groups is 1. The van der Waals surface area contributed by atoms with Crippen molar-refractivity contribution in [1.82, 2.24) is 69.4 Å². The number of rotatable bonds is 45. The van der Waals surface area contributed by atoms with Gasteiger partial charge in [-0.3, -0.25) is 58.5 Å². The van der Waals surface area contributed by atoms with Crippen molar-refractivity contribution in [1.29, 1.82) is 0 Å². The summed E-state index contributed by atoms with van der Waals surface area (Å²) in [6.07, 6.45) is 3.59. The number of hydrogen-bond acceptors (Lipinski definition) is 24. The first-order valence-electron chi connectivity index (χ1n) is 38.5. The van der Waals surface area contributed by atoms with E-state index in [1.807, 2.05) is 78.0 Å². The van der Waals surface area contributed by atoms with Gasteiger partial charge in [0, 0.05) is 89.4 Å². The van der Waals surface area contributed by atoms with Crippen LogP contribution in [0.25, 0.3) is 32.5 Å². The lowest BCUT2D eigenvalue weighted by molar-refractivity contribution is -0.144. The van der Waals surface area contributed by atoms with E-state index in [1.54, 1.807) is 85.6 Å². The summed E-state index contributed by atoms with van der Waals surface area (Å²) < 4.78 is 58.6. The van der Waals surface area contributed by atoms with Gasteiger partial charge in [0.05, 0.1) is 151 Å². The molecule has 0 spiro atoms. The van der Waals surface area contributed by atoms with Crippen molar-refractivity contribution in [2.45, 2.75) is 126 Å². The molecule has 3 atom stereocenters. The van der Waals surface area contributed by atoms with E-state index in [2.05, 4.69) is 46.7 Å². The van der Waals surface area contributed by atoms with Gasteiger partial charge in [-0.2, -0.15) is 10.2 Å². The molecular formula is C79H107N17O17S. The lowest BCUT2D eigenvalue weighted by atomic mass is 9.85. The van der Waals surface area contributed by atoms with Crippen LogP contribution in [0.3, 0.4) is 0 Å². The highest BCUT2D eigenvalue weighted by atomic mass is 32.1.